The largest absolute Gasteiger partial charge is 0.382 e. The third kappa shape index (κ3) is 2.48. The molecule has 1 atom stereocenters. The molecule has 1 heterocycles. The SMILES string of the molecule is OC(c1ccc(Br)c(Br)c1)c1cnccn1. The van der Waals surface area contributed by atoms with Crippen molar-refractivity contribution < 1.29 is 5.11 Å². The van der Waals surface area contributed by atoms with Crippen LogP contribution in [-0.4, -0.2) is 15.1 Å². The molecule has 0 amide bonds. The van der Waals surface area contributed by atoms with Crippen molar-refractivity contribution in [3.05, 3.63) is 57.0 Å². The van der Waals surface area contributed by atoms with Gasteiger partial charge in [0, 0.05) is 21.3 Å². The summed E-state index contributed by atoms with van der Waals surface area (Å²) in [4.78, 5) is 8.00. The normalized spacial score (nSPS) is 12.4. The van der Waals surface area contributed by atoms with Gasteiger partial charge in [0.2, 0.25) is 0 Å². The Morgan fingerprint density at radius 3 is 2.56 bits per heavy atom. The minimum atomic E-state index is -0.752. The van der Waals surface area contributed by atoms with Gasteiger partial charge >= 0.3 is 0 Å². The van der Waals surface area contributed by atoms with Crippen LogP contribution in [-0.2, 0) is 0 Å². The van der Waals surface area contributed by atoms with Crippen molar-refractivity contribution in [2.45, 2.75) is 6.10 Å². The summed E-state index contributed by atoms with van der Waals surface area (Å²) in [7, 11) is 0. The molecule has 3 nitrogen and oxygen atoms in total. The standard InChI is InChI=1S/C11H8Br2N2O/c12-8-2-1-7(5-9(8)13)11(16)10-6-14-3-4-15-10/h1-6,11,16H. The molecule has 1 aromatic heterocycles. The molecule has 2 aromatic rings. The number of aliphatic hydroxyl groups excluding tert-OH is 1. The highest BCUT2D eigenvalue weighted by Gasteiger charge is 2.12. The zero-order valence-corrected chi connectivity index (χ0v) is 11.3. The van der Waals surface area contributed by atoms with E-state index in [1.54, 1.807) is 18.6 Å². The van der Waals surface area contributed by atoms with Crippen molar-refractivity contribution >= 4 is 31.9 Å². The highest BCUT2D eigenvalue weighted by atomic mass is 79.9. The Balaban J connectivity index is 2.34. The Bertz CT molecular complexity index is 491. The Morgan fingerprint density at radius 1 is 1.12 bits per heavy atom. The highest BCUT2D eigenvalue weighted by molar-refractivity contribution is 9.13. The number of aliphatic hydroxyl groups is 1. The van der Waals surface area contributed by atoms with E-state index in [2.05, 4.69) is 41.8 Å². The van der Waals surface area contributed by atoms with E-state index >= 15 is 0 Å². The van der Waals surface area contributed by atoms with E-state index in [9.17, 15) is 5.11 Å². The van der Waals surface area contributed by atoms with Gasteiger partial charge in [-0.05, 0) is 49.6 Å². The zero-order chi connectivity index (χ0) is 11.5. The molecular weight excluding hydrogens is 336 g/mol. The third-order valence-corrected chi connectivity index (χ3v) is 4.00. The Hall–Kier alpha value is -0.780. The van der Waals surface area contributed by atoms with Gasteiger partial charge in [0.1, 0.15) is 6.10 Å². The molecule has 0 aliphatic carbocycles. The smallest absolute Gasteiger partial charge is 0.123 e. The Morgan fingerprint density at radius 2 is 1.94 bits per heavy atom. The van der Waals surface area contributed by atoms with Crippen LogP contribution >= 0.6 is 31.9 Å². The molecule has 0 saturated heterocycles. The number of aromatic nitrogens is 2. The van der Waals surface area contributed by atoms with E-state index in [-0.39, 0.29) is 0 Å². The minimum Gasteiger partial charge on any atom is -0.382 e. The van der Waals surface area contributed by atoms with Gasteiger partial charge in [-0.25, -0.2) is 0 Å². The number of hydrogen-bond donors (Lipinski definition) is 1. The van der Waals surface area contributed by atoms with Gasteiger partial charge in [0.15, 0.2) is 0 Å². The van der Waals surface area contributed by atoms with E-state index in [1.807, 2.05) is 18.2 Å². The Kier molecular flexibility index (Phi) is 3.68. The second kappa shape index (κ2) is 5.03. The zero-order valence-electron chi connectivity index (χ0n) is 8.14. The lowest BCUT2D eigenvalue weighted by atomic mass is 10.1. The van der Waals surface area contributed by atoms with Gasteiger partial charge in [-0.1, -0.05) is 6.07 Å². The first kappa shape index (κ1) is 11.7. The summed E-state index contributed by atoms with van der Waals surface area (Å²) >= 11 is 6.77. The summed E-state index contributed by atoms with van der Waals surface area (Å²) in [5.41, 5.74) is 1.31. The fourth-order valence-corrected chi connectivity index (χ4v) is 1.95. The average molecular weight is 344 g/mol. The second-order valence-electron chi connectivity index (χ2n) is 3.21. The number of rotatable bonds is 2. The van der Waals surface area contributed by atoms with Gasteiger partial charge < -0.3 is 5.11 Å². The minimum absolute atomic E-state index is 0.539. The van der Waals surface area contributed by atoms with Gasteiger partial charge in [0.05, 0.1) is 11.9 Å². The maximum atomic E-state index is 10.1. The van der Waals surface area contributed by atoms with Crippen molar-refractivity contribution in [1.29, 1.82) is 0 Å². The maximum Gasteiger partial charge on any atom is 0.123 e. The molecule has 1 N–H and O–H groups in total. The van der Waals surface area contributed by atoms with Gasteiger partial charge in [-0.15, -0.1) is 0 Å². The highest BCUT2D eigenvalue weighted by Crippen LogP contribution is 2.28. The summed E-state index contributed by atoms with van der Waals surface area (Å²) in [6.45, 7) is 0. The van der Waals surface area contributed by atoms with Crippen LogP contribution in [0, 0.1) is 0 Å². The lowest BCUT2D eigenvalue weighted by Crippen LogP contribution is -2.02. The van der Waals surface area contributed by atoms with Crippen molar-refractivity contribution in [2.24, 2.45) is 0 Å². The van der Waals surface area contributed by atoms with Crippen molar-refractivity contribution in [3.63, 3.8) is 0 Å². The fraction of sp³-hybridized carbons (Fsp3) is 0.0909. The molecule has 2 rings (SSSR count). The van der Waals surface area contributed by atoms with Crippen LogP contribution in [0.1, 0.15) is 17.4 Å². The summed E-state index contributed by atoms with van der Waals surface area (Å²) in [5.74, 6) is 0. The average Bonchev–Trinajstić information content (AvgIpc) is 2.33. The van der Waals surface area contributed by atoms with Crippen molar-refractivity contribution in [2.75, 3.05) is 0 Å². The maximum absolute atomic E-state index is 10.1. The molecule has 0 spiro atoms. The first-order chi connectivity index (χ1) is 7.68. The molecular formula is C11H8Br2N2O. The summed E-state index contributed by atoms with van der Waals surface area (Å²) in [6, 6.07) is 5.57. The first-order valence-corrected chi connectivity index (χ1v) is 6.16. The second-order valence-corrected chi connectivity index (χ2v) is 4.92. The monoisotopic (exact) mass is 342 g/mol. The molecule has 0 fully saturated rings. The van der Waals surface area contributed by atoms with Gasteiger partial charge in [0.25, 0.3) is 0 Å². The van der Waals surface area contributed by atoms with E-state index in [0.29, 0.717) is 5.69 Å². The number of benzene rings is 1. The molecule has 0 radical (unpaired) electrons. The summed E-state index contributed by atoms with van der Waals surface area (Å²) < 4.78 is 1.84. The summed E-state index contributed by atoms with van der Waals surface area (Å²) in [5, 5.41) is 10.1. The number of nitrogens with zero attached hydrogens (tertiary/aromatic N) is 2. The first-order valence-electron chi connectivity index (χ1n) is 4.57. The van der Waals surface area contributed by atoms with Crippen LogP contribution in [0.25, 0.3) is 0 Å². The van der Waals surface area contributed by atoms with E-state index in [0.717, 1.165) is 14.5 Å². The van der Waals surface area contributed by atoms with Gasteiger partial charge in [-0.2, -0.15) is 0 Å². The van der Waals surface area contributed by atoms with E-state index in [4.69, 9.17) is 0 Å². The van der Waals surface area contributed by atoms with E-state index < -0.39 is 6.10 Å². The van der Waals surface area contributed by atoms with Crippen molar-refractivity contribution in [1.82, 2.24) is 9.97 Å². The summed E-state index contributed by atoms with van der Waals surface area (Å²) in [6.07, 6.45) is 3.94. The number of hydrogen-bond acceptors (Lipinski definition) is 3. The third-order valence-electron chi connectivity index (χ3n) is 2.12. The lowest BCUT2D eigenvalue weighted by molar-refractivity contribution is 0.214. The molecule has 0 aliphatic heterocycles. The molecule has 0 aliphatic rings. The van der Waals surface area contributed by atoms with E-state index in [1.165, 1.54) is 0 Å². The topological polar surface area (TPSA) is 46.0 Å². The molecule has 16 heavy (non-hydrogen) atoms. The molecule has 1 aromatic carbocycles. The van der Waals surface area contributed by atoms with Gasteiger partial charge in [-0.3, -0.25) is 9.97 Å². The quantitative estimate of drug-likeness (QED) is 0.911. The predicted octanol–water partition coefficient (Wildman–Crippen LogP) is 3.08. The fourth-order valence-electron chi connectivity index (χ4n) is 1.31. The van der Waals surface area contributed by atoms with Crippen LogP contribution in [0.4, 0.5) is 0 Å². The van der Waals surface area contributed by atoms with Crippen molar-refractivity contribution in [3.8, 4) is 0 Å². The molecule has 0 saturated carbocycles. The van der Waals surface area contributed by atoms with Crippen LogP contribution in [0.15, 0.2) is 45.7 Å². The van der Waals surface area contributed by atoms with Crippen LogP contribution in [0.3, 0.4) is 0 Å². The molecule has 1 unspecified atom stereocenters. The number of halogens is 2. The van der Waals surface area contributed by atoms with Crippen LogP contribution in [0.5, 0.6) is 0 Å². The predicted molar refractivity (Wildman–Crippen MR) is 67.9 cm³/mol. The molecule has 82 valence electrons. The van der Waals surface area contributed by atoms with Crippen LogP contribution < -0.4 is 0 Å². The molecule has 0 bridgehead atoms. The van der Waals surface area contributed by atoms with Crippen LogP contribution in [0.2, 0.25) is 0 Å². The Labute approximate surface area is 110 Å². The molecule has 5 heteroatoms. The lowest BCUT2D eigenvalue weighted by Gasteiger charge is -2.10.